The summed E-state index contributed by atoms with van der Waals surface area (Å²) in [4.78, 5) is 12.8. The minimum Gasteiger partial charge on any atom is -0.598 e. The number of aromatic nitrogens is 1. The number of nitrogens with zero attached hydrogens (tertiary/aromatic N) is 1. The van der Waals surface area contributed by atoms with E-state index in [2.05, 4.69) is 27.6 Å². The van der Waals surface area contributed by atoms with Gasteiger partial charge in [0.2, 0.25) is 7.37 Å². The summed E-state index contributed by atoms with van der Waals surface area (Å²) >= 11 is -1.53. The SMILES string of the molecule is Cn1cc(CCP(=O)(OCc2ccccc2)C(CCC(=O)OCc2ccccc2)N[S+]([O-])C(C)(C)C)c2ccccc21. The number of para-hydroxylation sites is 1. The van der Waals surface area contributed by atoms with E-state index in [-0.39, 0.29) is 32.2 Å². The van der Waals surface area contributed by atoms with Gasteiger partial charge in [0.15, 0.2) is 0 Å². The Morgan fingerprint density at radius 2 is 1.55 bits per heavy atom. The van der Waals surface area contributed by atoms with Gasteiger partial charge in [0, 0.05) is 48.1 Å². The molecule has 0 aliphatic rings. The lowest BCUT2D eigenvalue weighted by atomic mass is 10.1. The van der Waals surface area contributed by atoms with Gasteiger partial charge < -0.3 is 18.4 Å². The molecule has 224 valence electrons. The summed E-state index contributed by atoms with van der Waals surface area (Å²) in [6, 6.07) is 27.2. The fraction of sp³-hybridized carbons (Fsp3) is 0.364. The zero-order valence-corrected chi connectivity index (χ0v) is 26.5. The lowest BCUT2D eigenvalue weighted by Gasteiger charge is -2.32. The van der Waals surface area contributed by atoms with Crippen LogP contribution >= 0.6 is 7.37 Å². The minimum absolute atomic E-state index is 0.0127. The van der Waals surface area contributed by atoms with E-state index in [1.807, 2.05) is 101 Å². The third-order valence-corrected chi connectivity index (χ3v) is 11.6. The van der Waals surface area contributed by atoms with E-state index >= 15 is 0 Å². The summed E-state index contributed by atoms with van der Waals surface area (Å²) in [7, 11) is -1.51. The third-order valence-electron chi connectivity index (χ3n) is 7.10. The summed E-state index contributed by atoms with van der Waals surface area (Å²) in [5.41, 5.74) is 3.94. The van der Waals surface area contributed by atoms with Gasteiger partial charge in [-0.2, -0.15) is 0 Å². The molecule has 0 spiro atoms. The fourth-order valence-electron chi connectivity index (χ4n) is 4.67. The van der Waals surface area contributed by atoms with Crippen LogP contribution in [0.25, 0.3) is 10.9 Å². The van der Waals surface area contributed by atoms with E-state index in [0.717, 1.165) is 27.6 Å². The van der Waals surface area contributed by atoms with Crippen molar-refractivity contribution in [1.82, 2.24) is 9.29 Å². The monoisotopic (exact) mass is 608 g/mol. The standard InChI is InChI=1S/C33H41N2O5PS/c1-33(2,3)42(38)34-31(19-20-32(36)39-24-26-13-7-5-8-14-26)41(37,40-25-27-15-9-6-10-16-27)22-21-28-23-35(4)30-18-12-11-17-29(28)30/h5-18,23,31,34H,19-22,24-25H2,1-4H3. The number of hydrogen-bond acceptors (Lipinski definition) is 6. The van der Waals surface area contributed by atoms with Crippen LogP contribution < -0.4 is 4.72 Å². The largest absolute Gasteiger partial charge is 0.598 e. The number of nitrogens with one attached hydrogen (secondary N) is 1. The fourth-order valence-corrected chi connectivity index (χ4v) is 8.38. The van der Waals surface area contributed by atoms with Crippen molar-refractivity contribution in [3.05, 3.63) is 108 Å². The quantitative estimate of drug-likeness (QED) is 0.0931. The Labute approximate surface area is 252 Å². The van der Waals surface area contributed by atoms with Gasteiger partial charge in [-0.1, -0.05) is 78.9 Å². The van der Waals surface area contributed by atoms with Gasteiger partial charge in [-0.25, -0.2) is 0 Å². The van der Waals surface area contributed by atoms with Crippen LogP contribution in [0.15, 0.2) is 91.1 Å². The van der Waals surface area contributed by atoms with Crippen molar-refractivity contribution >= 4 is 35.6 Å². The Morgan fingerprint density at radius 3 is 2.19 bits per heavy atom. The molecule has 0 saturated carbocycles. The molecule has 0 amide bonds. The molecular weight excluding hydrogens is 567 g/mol. The number of ether oxygens (including phenoxy) is 1. The summed E-state index contributed by atoms with van der Waals surface area (Å²) in [5.74, 6) is -1.21. The molecule has 0 aliphatic heterocycles. The van der Waals surface area contributed by atoms with Gasteiger partial charge in [-0.05, 0) is 56.4 Å². The summed E-state index contributed by atoms with van der Waals surface area (Å²) < 4.78 is 44.5. The first-order valence-corrected chi connectivity index (χ1v) is 17.3. The van der Waals surface area contributed by atoms with Crippen LogP contribution in [-0.4, -0.2) is 31.8 Å². The molecule has 0 radical (unpaired) electrons. The van der Waals surface area contributed by atoms with Crippen LogP contribution in [0.3, 0.4) is 0 Å². The van der Waals surface area contributed by atoms with Crippen LogP contribution in [0.1, 0.15) is 50.3 Å². The van der Waals surface area contributed by atoms with Gasteiger partial charge in [0.25, 0.3) is 0 Å². The number of esters is 1. The molecule has 1 N–H and O–H groups in total. The maximum absolute atomic E-state index is 14.9. The minimum atomic E-state index is -3.51. The Morgan fingerprint density at radius 1 is 0.952 bits per heavy atom. The van der Waals surface area contributed by atoms with Gasteiger partial charge in [0.1, 0.15) is 17.1 Å². The average Bonchev–Trinajstić information content (AvgIpc) is 3.31. The first-order valence-electron chi connectivity index (χ1n) is 14.2. The number of benzene rings is 3. The molecule has 0 bridgehead atoms. The molecule has 4 aromatic rings. The van der Waals surface area contributed by atoms with Crippen molar-refractivity contribution in [3.63, 3.8) is 0 Å². The smallest absolute Gasteiger partial charge is 0.306 e. The number of hydrogen-bond donors (Lipinski definition) is 1. The molecule has 1 aromatic heterocycles. The predicted octanol–water partition coefficient (Wildman–Crippen LogP) is 7.12. The molecule has 0 saturated heterocycles. The topological polar surface area (TPSA) is 92.6 Å². The summed E-state index contributed by atoms with van der Waals surface area (Å²) in [6.45, 7) is 5.87. The molecule has 3 aromatic carbocycles. The molecule has 42 heavy (non-hydrogen) atoms. The maximum Gasteiger partial charge on any atom is 0.306 e. The second kappa shape index (κ2) is 14.5. The van der Waals surface area contributed by atoms with E-state index in [0.29, 0.717) is 6.42 Å². The number of carbonyl (C=O) groups is 1. The number of carbonyl (C=O) groups excluding carboxylic acids is 1. The first kappa shape index (κ1) is 32.1. The zero-order chi connectivity index (χ0) is 30.2. The van der Waals surface area contributed by atoms with Crippen LogP contribution in [0.4, 0.5) is 0 Å². The van der Waals surface area contributed by atoms with Crippen LogP contribution in [0.2, 0.25) is 0 Å². The molecule has 0 fully saturated rings. The molecule has 0 aliphatic carbocycles. The lowest BCUT2D eigenvalue weighted by molar-refractivity contribution is -0.145. The van der Waals surface area contributed by atoms with E-state index in [1.54, 1.807) is 0 Å². The van der Waals surface area contributed by atoms with Gasteiger partial charge in [-0.3, -0.25) is 9.36 Å². The highest BCUT2D eigenvalue weighted by molar-refractivity contribution is 7.91. The number of fused-ring (bicyclic) bond motifs is 1. The first-order chi connectivity index (χ1) is 20.0. The van der Waals surface area contributed by atoms with Crippen molar-refractivity contribution in [2.24, 2.45) is 7.05 Å². The van der Waals surface area contributed by atoms with Crippen molar-refractivity contribution < 1.29 is 23.2 Å². The highest BCUT2D eigenvalue weighted by Gasteiger charge is 2.40. The van der Waals surface area contributed by atoms with Crippen molar-refractivity contribution in [3.8, 4) is 0 Å². The van der Waals surface area contributed by atoms with E-state index < -0.39 is 35.2 Å². The van der Waals surface area contributed by atoms with Gasteiger partial charge >= 0.3 is 5.97 Å². The number of rotatable bonds is 14. The molecular formula is C33H41N2O5PS. The Kier molecular flexibility index (Phi) is 11.1. The Bertz CT molecular complexity index is 1490. The van der Waals surface area contributed by atoms with Gasteiger partial charge in [-0.15, -0.1) is 4.72 Å². The highest BCUT2D eigenvalue weighted by atomic mass is 32.2. The maximum atomic E-state index is 14.9. The third kappa shape index (κ3) is 8.82. The molecule has 7 nitrogen and oxygen atoms in total. The average molecular weight is 609 g/mol. The van der Waals surface area contributed by atoms with E-state index in [4.69, 9.17) is 9.26 Å². The molecule has 1 heterocycles. The number of aryl methyl sites for hydroxylation is 2. The zero-order valence-electron chi connectivity index (χ0n) is 24.8. The van der Waals surface area contributed by atoms with Crippen LogP contribution in [-0.2, 0) is 56.7 Å². The summed E-state index contributed by atoms with van der Waals surface area (Å²) in [5, 5.41) is 1.10. The lowest BCUT2D eigenvalue weighted by Crippen LogP contribution is -2.45. The molecule has 3 atom stereocenters. The normalized spacial score (nSPS) is 14.8. The van der Waals surface area contributed by atoms with Crippen molar-refractivity contribution in [2.45, 2.75) is 63.8 Å². The molecule has 3 unspecified atom stereocenters. The summed E-state index contributed by atoms with van der Waals surface area (Å²) in [6.07, 6.45) is 2.97. The molecule has 9 heteroatoms. The molecule has 4 rings (SSSR count). The van der Waals surface area contributed by atoms with Crippen molar-refractivity contribution in [2.75, 3.05) is 6.16 Å². The van der Waals surface area contributed by atoms with E-state index in [9.17, 15) is 13.9 Å². The predicted molar refractivity (Wildman–Crippen MR) is 171 cm³/mol. The van der Waals surface area contributed by atoms with Gasteiger partial charge in [0.05, 0.1) is 6.61 Å². The van der Waals surface area contributed by atoms with E-state index in [1.165, 1.54) is 0 Å². The van der Waals surface area contributed by atoms with Crippen molar-refractivity contribution in [1.29, 1.82) is 0 Å². The second-order valence-corrected chi connectivity index (χ2v) is 16.2. The van der Waals surface area contributed by atoms with Crippen LogP contribution in [0, 0.1) is 0 Å². The highest BCUT2D eigenvalue weighted by Crippen LogP contribution is 2.54. The Hall–Kier alpha value is -2.87. The Balaban J connectivity index is 1.57. The van der Waals surface area contributed by atoms with Crippen LogP contribution in [0.5, 0.6) is 0 Å². The second-order valence-electron chi connectivity index (χ2n) is 11.4.